The van der Waals surface area contributed by atoms with Crippen LogP contribution in [0.15, 0.2) is 24.3 Å². The summed E-state index contributed by atoms with van der Waals surface area (Å²) in [6.45, 7) is 3.03. The Kier molecular flexibility index (Phi) is 6.58. The molecule has 1 aromatic carbocycles. The molecule has 1 amide bonds. The molecule has 1 aromatic rings. The first kappa shape index (κ1) is 17.4. The van der Waals surface area contributed by atoms with Crippen LogP contribution in [0.5, 0.6) is 0 Å². The van der Waals surface area contributed by atoms with Crippen molar-refractivity contribution in [1.29, 1.82) is 0 Å². The molecular formula is C14H20ClN3O3. The highest BCUT2D eigenvalue weighted by Crippen LogP contribution is 2.13. The van der Waals surface area contributed by atoms with E-state index >= 15 is 0 Å². The lowest BCUT2D eigenvalue weighted by atomic mass is 10.0. The van der Waals surface area contributed by atoms with Crippen LogP contribution in [0.1, 0.15) is 25.3 Å². The summed E-state index contributed by atoms with van der Waals surface area (Å²) in [5.41, 5.74) is 0.830. The number of nitrogens with one attached hydrogen (secondary N) is 2. The Morgan fingerprint density at radius 3 is 2.67 bits per heavy atom. The largest absolute Gasteiger partial charge is 0.353 e. The second-order valence-electron chi connectivity index (χ2n) is 5.24. The number of carbonyl (C=O) groups excluding carboxylic acids is 1. The number of halogens is 1. The van der Waals surface area contributed by atoms with Crippen LogP contribution in [0.4, 0.5) is 5.69 Å². The highest BCUT2D eigenvalue weighted by Gasteiger charge is 2.19. The molecule has 0 spiro atoms. The fourth-order valence-electron chi connectivity index (χ4n) is 2.46. The van der Waals surface area contributed by atoms with Crippen LogP contribution < -0.4 is 10.6 Å². The average Bonchev–Trinajstić information content (AvgIpc) is 2.39. The van der Waals surface area contributed by atoms with Crippen molar-refractivity contribution in [2.75, 3.05) is 6.54 Å². The van der Waals surface area contributed by atoms with Gasteiger partial charge in [0.1, 0.15) is 0 Å². The molecule has 0 saturated carbocycles. The molecule has 2 rings (SSSR count). The molecule has 1 saturated heterocycles. The zero-order valence-electron chi connectivity index (χ0n) is 11.9. The fraction of sp³-hybridized carbons (Fsp3) is 0.500. The van der Waals surface area contributed by atoms with Crippen molar-refractivity contribution < 1.29 is 9.72 Å². The molecule has 7 heteroatoms. The van der Waals surface area contributed by atoms with E-state index in [1.165, 1.54) is 12.1 Å². The van der Waals surface area contributed by atoms with Gasteiger partial charge in [-0.15, -0.1) is 12.4 Å². The molecule has 6 nitrogen and oxygen atoms in total. The van der Waals surface area contributed by atoms with Crippen molar-refractivity contribution in [3.63, 3.8) is 0 Å². The van der Waals surface area contributed by atoms with Gasteiger partial charge in [0, 0.05) is 24.2 Å². The number of benzene rings is 1. The molecule has 1 aliphatic heterocycles. The van der Waals surface area contributed by atoms with Gasteiger partial charge in [0.15, 0.2) is 0 Å². The molecule has 1 fully saturated rings. The molecule has 21 heavy (non-hydrogen) atoms. The maximum absolute atomic E-state index is 11.9. The van der Waals surface area contributed by atoms with E-state index in [0.717, 1.165) is 24.9 Å². The standard InChI is InChI=1S/C14H19N3O3.ClH/c1-10-8-12(6-7-15-10)16-14(18)9-11-2-4-13(5-3-11)17(19)20;/h2-5,10,12,15H,6-9H2,1H3,(H,16,18);1H. The summed E-state index contributed by atoms with van der Waals surface area (Å²) in [7, 11) is 0. The van der Waals surface area contributed by atoms with E-state index in [1.807, 2.05) is 0 Å². The van der Waals surface area contributed by atoms with Gasteiger partial charge in [-0.3, -0.25) is 14.9 Å². The normalized spacial score (nSPS) is 21.2. The number of hydrogen-bond acceptors (Lipinski definition) is 4. The minimum absolute atomic E-state index is 0. The Bertz CT molecular complexity index is 493. The number of non-ortho nitro benzene ring substituents is 1. The fourth-order valence-corrected chi connectivity index (χ4v) is 2.46. The van der Waals surface area contributed by atoms with Gasteiger partial charge < -0.3 is 10.6 Å². The number of piperidine rings is 1. The third-order valence-electron chi connectivity index (χ3n) is 3.50. The van der Waals surface area contributed by atoms with Crippen LogP contribution in [0.25, 0.3) is 0 Å². The number of nitro benzene ring substituents is 1. The van der Waals surface area contributed by atoms with E-state index in [4.69, 9.17) is 0 Å². The summed E-state index contributed by atoms with van der Waals surface area (Å²) in [6, 6.07) is 6.75. The zero-order valence-corrected chi connectivity index (χ0v) is 12.7. The molecule has 2 N–H and O–H groups in total. The molecule has 0 bridgehead atoms. The average molecular weight is 314 g/mol. The van der Waals surface area contributed by atoms with E-state index in [0.29, 0.717) is 6.04 Å². The van der Waals surface area contributed by atoms with Crippen LogP contribution in [-0.2, 0) is 11.2 Å². The quantitative estimate of drug-likeness (QED) is 0.656. The van der Waals surface area contributed by atoms with Crippen molar-refractivity contribution >= 4 is 24.0 Å². The van der Waals surface area contributed by atoms with Crippen molar-refractivity contribution in [2.24, 2.45) is 0 Å². The second kappa shape index (κ2) is 7.95. The summed E-state index contributed by atoms with van der Waals surface area (Å²) in [5, 5.41) is 16.9. The number of carbonyl (C=O) groups is 1. The molecule has 2 atom stereocenters. The molecule has 0 aromatic heterocycles. The third-order valence-corrected chi connectivity index (χ3v) is 3.50. The zero-order chi connectivity index (χ0) is 14.5. The van der Waals surface area contributed by atoms with Crippen LogP contribution in [0.3, 0.4) is 0 Å². The van der Waals surface area contributed by atoms with Crippen molar-refractivity contribution in [2.45, 2.75) is 38.3 Å². The van der Waals surface area contributed by atoms with E-state index in [1.54, 1.807) is 12.1 Å². The molecule has 1 aliphatic rings. The molecule has 1 heterocycles. The Morgan fingerprint density at radius 1 is 1.43 bits per heavy atom. The summed E-state index contributed by atoms with van der Waals surface area (Å²) in [6.07, 6.45) is 2.14. The molecule has 0 aliphatic carbocycles. The second-order valence-corrected chi connectivity index (χ2v) is 5.24. The van der Waals surface area contributed by atoms with Gasteiger partial charge in [-0.2, -0.15) is 0 Å². The molecular weight excluding hydrogens is 294 g/mol. The Labute approximate surface area is 129 Å². The summed E-state index contributed by atoms with van der Waals surface area (Å²) < 4.78 is 0. The maximum atomic E-state index is 11.9. The minimum Gasteiger partial charge on any atom is -0.353 e. The smallest absolute Gasteiger partial charge is 0.269 e. The SMILES string of the molecule is CC1CC(NC(=O)Cc2ccc([N+](=O)[O-])cc2)CCN1.Cl. The lowest BCUT2D eigenvalue weighted by Gasteiger charge is -2.28. The van der Waals surface area contributed by atoms with E-state index in [9.17, 15) is 14.9 Å². The van der Waals surface area contributed by atoms with Gasteiger partial charge in [0.05, 0.1) is 11.3 Å². The predicted octanol–water partition coefficient (Wildman–Crippen LogP) is 1.82. The maximum Gasteiger partial charge on any atom is 0.269 e. The van der Waals surface area contributed by atoms with Gasteiger partial charge in [-0.05, 0) is 31.9 Å². The molecule has 0 radical (unpaired) electrons. The first-order valence-electron chi connectivity index (χ1n) is 6.80. The van der Waals surface area contributed by atoms with Crippen molar-refractivity contribution in [1.82, 2.24) is 10.6 Å². The summed E-state index contributed by atoms with van der Waals surface area (Å²) in [4.78, 5) is 22.0. The van der Waals surface area contributed by atoms with E-state index in [2.05, 4.69) is 17.6 Å². The number of nitrogens with zero attached hydrogens (tertiary/aromatic N) is 1. The van der Waals surface area contributed by atoms with Gasteiger partial charge in [0.25, 0.3) is 5.69 Å². The Morgan fingerprint density at radius 2 is 2.10 bits per heavy atom. The van der Waals surface area contributed by atoms with Crippen LogP contribution in [0.2, 0.25) is 0 Å². The van der Waals surface area contributed by atoms with Gasteiger partial charge >= 0.3 is 0 Å². The lowest BCUT2D eigenvalue weighted by molar-refractivity contribution is -0.384. The van der Waals surface area contributed by atoms with Gasteiger partial charge in [-0.1, -0.05) is 12.1 Å². The highest BCUT2D eigenvalue weighted by molar-refractivity contribution is 5.85. The number of rotatable bonds is 4. The predicted molar refractivity (Wildman–Crippen MR) is 82.7 cm³/mol. The Balaban J connectivity index is 0.00000220. The Hall–Kier alpha value is -1.66. The first-order chi connectivity index (χ1) is 9.54. The third kappa shape index (κ3) is 5.32. The van der Waals surface area contributed by atoms with Crippen LogP contribution in [0, 0.1) is 10.1 Å². The number of hydrogen-bond donors (Lipinski definition) is 2. The first-order valence-corrected chi connectivity index (χ1v) is 6.80. The van der Waals surface area contributed by atoms with E-state index in [-0.39, 0.29) is 36.5 Å². The number of nitro groups is 1. The topological polar surface area (TPSA) is 84.3 Å². The summed E-state index contributed by atoms with van der Waals surface area (Å²) >= 11 is 0. The van der Waals surface area contributed by atoms with Gasteiger partial charge in [-0.25, -0.2) is 0 Å². The minimum atomic E-state index is -0.444. The van der Waals surface area contributed by atoms with Crippen LogP contribution >= 0.6 is 12.4 Å². The molecule has 116 valence electrons. The van der Waals surface area contributed by atoms with E-state index < -0.39 is 4.92 Å². The highest BCUT2D eigenvalue weighted by atomic mass is 35.5. The van der Waals surface area contributed by atoms with Crippen molar-refractivity contribution in [3.05, 3.63) is 39.9 Å². The lowest BCUT2D eigenvalue weighted by Crippen LogP contribution is -2.46. The van der Waals surface area contributed by atoms with Crippen molar-refractivity contribution in [3.8, 4) is 0 Å². The van der Waals surface area contributed by atoms with Gasteiger partial charge in [0.2, 0.25) is 5.91 Å². The monoisotopic (exact) mass is 313 g/mol. The number of amides is 1. The molecule has 2 unspecified atom stereocenters. The van der Waals surface area contributed by atoms with Crippen LogP contribution in [-0.4, -0.2) is 29.5 Å². The summed E-state index contributed by atoms with van der Waals surface area (Å²) in [5.74, 6) is -0.0297.